The SMILES string of the molecule is O=C([O-])c1ccc2nc3c(c(NCCc4ccncc4)c2c1)CCC3. The summed E-state index contributed by atoms with van der Waals surface area (Å²) in [6.07, 6.45) is 7.51. The van der Waals surface area contributed by atoms with Crippen LogP contribution in [0, 0.1) is 0 Å². The average Bonchev–Trinajstić information content (AvgIpc) is 3.09. The number of carboxylic acids is 1. The van der Waals surface area contributed by atoms with Gasteiger partial charge in [-0.1, -0.05) is 6.07 Å². The molecule has 5 heteroatoms. The van der Waals surface area contributed by atoms with Gasteiger partial charge in [-0.25, -0.2) is 0 Å². The van der Waals surface area contributed by atoms with Crippen molar-refractivity contribution in [1.82, 2.24) is 9.97 Å². The molecule has 1 aliphatic carbocycles. The average molecular weight is 332 g/mol. The van der Waals surface area contributed by atoms with Crippen LogP contribution in [0.2, 0.25) is 0 Å². The lowest BCUT2D eigenvalue weighted by molar-refractivity contribution is -0.255. The van der Waals surface area contributed by atoms with E-state index < -0.39 is 5.97 Å². The van der Waals surface area contributed by atoms with Crippen molar-refractivity contribution < 1.29 is 9.90 Å². The molecule has 2 heterocycles. The molecule has 0 spiro atoms. The number of carbonyl (C=O) groups is 1. The first-order valence-corrected chi connectivity index (χ1v) is 8.52. The van der Waals surface area contributed by atoms with E-state index in [4.69, 9.17) is 4.98 Å². The van der Waals surface area contributed by atoms with Crippen LogP contribution in [-0.2, 0) is 19.3 Å². The molecule has 3 aromatic rings. The van der Waals surface area contributed by atoms with Crippen molar-refractivity contribution >= 4 is 22.6 Å². The fourth-order valence-corrected chi connectivity index (χ4v) is 3.47. The molecule has 5 nitrogen and oxygen atoms in total. The molecule has 0 radical (unpaired) electrons. The number of rotatable bonds is 5. The second-order valence-electron chi connectivity index (χ2n) is 6.32. The molecule has 0 bridgehead atoms. The highest BCUT2D eigenvalue weighted by Gasteiger charge is 2.19. The Hall–Kier alpha value is -2.95. The van der Waals surface area contributed by atoms with Crippen molar-refractivity contribution in [3.63, 3.8) is 0 Å². The first-order valence-electron chi connectivity index (χ1n) is 8.52. The summed E-state index contributed by atoms with van der Waals surface area (Å²) in [5.41, 5.74) is 5.60. The number of anilines is 1. The number of aromatic nitrogens is 2. The molecule has 4 rings (SSSR count). The molecule has 0 fully saturated rings. The summed E-state index contributed by atoms with van der Waals surface area (Å²) in [7, 11) is 0. The fourth-order valence-electron chi connectivity index (χ4n) is 3.47. The van der Waals surface area contributed by atoms with Crippen LogP contribution in [0.15, 0.2) is 42.7 Å². The number of pyridine rings is 2. The number of hydrogen-bond donors (Lipinski definition) is 1. The topological polar surface area (TPSA) is 77.9 Å². The molecular formula is C20H18N3O2-. The van der Waals surface area contributed by atoms with Gasteiger partial charge in [-0.05, 0) is 66.6 Å². The summed E-state index contributed by atoms with van der Waals surface area (Å²) in [5.74, 6) is -1.16. The second-order valence-corrected chi connectivity index (χ2v) is 6.32. The number of benzene rings is 1. The fraction of sp³-hybridized carbons (Fsp3) is 0.250. The van der Waals surface area contributed by atoms with Crippen LogP contribution in [0.1, 0.15) is 33.6 Å². The van der Waals surface area contributed by atoms with Crippen LogP contribution in [0.5, 0.6) is 0 Å². The van der Waals surface area contributed by atoms with Gasteiger partial charge in [-0.3, -0.25) is 9.97 Å². The van der Waals surface area contributed by atoms with E-state index in [0.29, 0.717) is 0 Å². The van der Waals surface area contributed by atoms with Crippen LogP contribution in [0.25, 0.3) is 10.9 Å². The predicted molar refractivity (Wildman–Crippen MR) is 94.5 cm³/mol. The van der Waals surface area contributed by atoms with Gasteiger partial charge in [-0.15, -0.1) is 0 Å². The number of carbonyl (C=O) groups excluding carboxylic acids is 1. The molecule has 126 valence electrons. The monoisotopic (exact) mass is 332 g/mol. The minimum atomic E-state index is -1.16. The Morgan fingerprint density at radius 2 is 2.00 bits per heavy atom. The number of nitrogens with one attached hydrogen (secondary N) is 1. The van der Waals surface area contributed by atoms with E-state index in [-0.39, 0.29) is 5.56 Å². The normalized spacial score (nSPS) is 13.0. The van der Waals surface area contributed by atoms with Crippen LogP contribution in [-0.4, -0.2) is 22.5 Å². The highest BCUT2D eigenvalue weighted by molar-refractivity contribution is 5.99. The third-order valence-electron chi connectivity index (χ3n) is 4.71. The standard InChI is InChI=1S/C20H19N3O2/c24-20(25)14-4-5-18-16(12-14)19(15-2-1-3-17(15)23-18)22-11-8-13-6-9-21-10-7-13/h4-7,9-10,12H,1-3,8,11H2,(H,22,23)(H,24,25)/p-1. The molecule has 0 aliphatic heterocycles. The van der Waals surface area contributed by atoms with Gasteiger partial charge in [0.2, 0.25) is 0 Å². The molecule has 1 aliphatic rings. The number of aryl methyl sites for hydroxylation is 1. The Bertz CT molecular complexity index is 939. The quantitative estimate of drug-likeness (QED) is 0.774. The van der Waals surface area contributed by atoms with Crippen molar-refractivity contribution in [2.45, 2.75) is 25.7 Å². The number of nitrogens with zero attached hydrogens (tertiary/aromatic N) is 2. The van der Waals surface area contributed by atoms with E-state index >= 15 is 0 Å². The van der Waals surface area contributed by atoms with Crippen molar-refractivity contribution in [2.75, 3.05) is 11.9 Å². The second kappa shape index (κ2) is 6.51. The maximum Gasteiger partial charge on any atom is 0.0726 e. The Morgan fingerprint density at radius 3 is 2.80 bits per heavy atom. The van der Waals surface area contributed by atoms with Gasteiger partial charge in [0.05, 0.1) is 11.5 Å². The van der Waals surface area contributed by atoms with Gasteiger partial charge < -0.3 is 15.2 Å². The molecule has 0 amide bonds. The van der Waals surface area contributed by atoms with E-state index in [1.165, 1.54) is 11.1 Å². The first kappa shape index (κ1) is 15.6. The molecule has 0 saturated heterocycles. The van der Waals surface area contributed by atoms with Crippen molar-refractivity contribution in [3.8, 4) is 0 Å². The van der Waals surface area contributed by atoms with E-state index in [1.54, 1.807) is 30.6 Å². The van der Waals surface area contributed by atoms with Crippen LogP contribution in [0.3, 0.4) is 0 Å². The number of hydrogen-bond acceptors (Lipinski definition) is 5. The summed E-state index contributed by atoms with van der Waals surface area (Å²) in [5, 5.41) is 15.6. The van der Waals surface area contributed by atoms with E-state index in [9.17, 15) is 9.90 Å². The maximum absolute atomic E-state index is 11.2. The minimum absolute atomic E-state index is 0.185. The molecule has 0 saturated carbocycles. The molecule has 0 atom stereocenters. The van der Waals surface area contributed by atoms with Gasteiger partial charge in [0.1, 0.15) is 0 Å². The first-order chi connectivity index (χ1) is 12.2. The lowest BCUT2D eigenvalue weighted by Crippen LogP contribution is -2.22. The van der Waals surface area contributed by atoms with Gasteiger partial charge in [0.25, 0.3) is 0 Å². The van der Waals surface area contributed by atoms with Gasteiger partial charge in [0, 0.05) is 35.7 Å². The summed E-state index contributed by atoms with van der Waals surface area (Å²) >= 11 is 0. The Morgan fingerprint density at radius 1 is 1.16 bits per heavy atom. The maximum atomic E-state index is 11.2. The Balaban J connectivity index is 1.69. The smallest absolute Gasteiger partial charge is 0.0726 e. The molecule has 25 heavy (non-hydrogen) atoms. The van der Waals surface area contributed by atoms with Gasteiger partial charge >= 0.3 is 0 Å². The zero-order chi connectivity index (χ0) is 17.2. The van der Waals surface area contributed by atoms with Crippen LogP contribution < -0.4 is 10.4 Å². The highest BCUT2D eigenvalue weighted by Crippen LogP contribution is 2.34. The molecule has 1 N–H and O–H groups in total. The van der Waals surface area contributed by atoms with E-state index in [0.717, 1.165) is 54.5 Å². The minimum Gasteiger partial charge on any atom is -0.545 e. The zero-order valence-electron chi connectivity index (χ0n) is 13.8. The highest BCUT2D eigenvalue weighted by atomic mass is 16.4. The van der Waals surface area contributed by atoms with Gasteiger partial charge in [-0.2, -0.15) is 0 Å². The van der Waals surface area contributed by atoms with E-state index in [2.05, 4.69) is 10.3 Å². The van der Waals surface area contributed by atoms with Crippen molar-refractivity contribution in [3.05, 3.63) is 65.1 Å². The number of aromatic carboxylic acids is 1. The lowest BCUT2D eigenvalue weighted by Gasteiger charge is -2.16. The lowest BCUT2D eigenvalue weighted by atomic mass is 10.0. The van der Waals surface area contributed by atoms with Crippen molar-refractivity contribution in [2.24, 2.45) is 0 Å². The zero-order valence-corrected chi connectivity index (χ0v) is 13.8. The third kappa shape index (κ3) is 3.05. The third-order valence-corrected chi connectivity index (χ3v) is 4.71. The molecule has 1 aromatic carbocycles. The van der Waals surface area contributed by atoms with Gasteiger partial charge in [0.15, 0.2) is 0 Å². The van der Waals surface area contributed by atoms with E-state index in [1.807, 2.05) is 12.1 Å². The Kier molecular flexibility index (Phi) is 4.06. The predicted octanol–water partition coefficient (Wildman–Crippen LogP) is 2.14. The Labute approximate surface area is 145 Å². The summed E-state index contributed by atoms with van der Waals surface area (Å²) in [4.78, 5) is 20.0. The summed E-state index contributed by atoms with van der Waals surface area (Å²) in [6, 6.07) is 9.01. The van der Waals surface area contributed by atoms with Crippen molar-refractivity contribution in [1.29, 1.82) is 0 Å². The van der Waals surface area contributed by atoms with Crippen LogP contribution in [0.4, 0.5) is 5.69 Å². The van der Waals surface area contributed by atoms with Crippen LogP contribution >= 0.6 is 0 Å². The molecular weight excluding hydrogens is 314 g/mol. The summed E-state index contributed by atoms with van der Waals surface area (Å²) in [6.45, 7) is 0.769. The largest absolute Gasteiger partial charge is 0.545 e. The molecule has 2 aromatic heterocycles. The number of carboxylic acid groups (broad SMARTS) is 1. The summed E-state index contributed by atoms with van der Waals surface area (Å²) < 4.78 is 0. The molecule has 0 unspecified atom stereocenters. The number of fused-ring (bicyclic) bond motifs is 2.